The van der Waals surface area contributed by atoms with Crippen molar-refractivity contribution in [1.82, 2.24) is 9.78 Å². The number of carbonyl (C=O) groups is 1. The molecule has 0 N–H and O–H groups in total. The summed E-state index contributed by atoms with van der Waals surface area (Å²) in [4.78, 5) is 11.0. The monoisotopic (exact) mass is 304 g/mol. The molecule has 1 saturated carbocycles. The summed E-state index contributed by atoms with van der Waals surface area (Å²) in [5.74, 6) is 3.06. The Kier molecular flexibility index (Phi) is 4.89. The lowest BCUT2D eigenvalue weighted by molar-refractivity contribution is -0.148. The summed E-state index contributed by atoms with van der Waals surface area (Å²) in [6.07, 6.45) is 7.82. The Bertz CT molecular complexity index is 555. The third kappa shape index (κ3) is 5.05. The van der Waals surface area contributed by atoms with E-state index in [-0.39, 0.29) is 12.1 Å². The van der Waals surface area contributed by atoms with Crippen LogP contribution in [0.5, 0.6) is 0 Å². The van der Waals surface area contributed by atoms with Gasteiger partial charge in [-0.1, -0.05) is 25.6 Å². The van der Waals surface area contributed by atoms with Crippen molar-refractivity contribution in [2.24, 2.45) is 0 Å². The van der Waals surface area contributed by atoms with Crippen LogP contribution in [-0.4, -0.2) is 29.9 Å². The molecule has 4 nitrogen and oxygen atoms in total. The van der Waals surface area contributed by atoms with Crippen LogP contribution >= 0.6 is 0 Å². The number of nitrogens with zero attached hydrogens (tertiary/aromatic N) is 2. The van der Waals surface area contributed by atoms with Crippen LogP contribution in [-0.2, 0) is 9.53 Å². The van der Waals surface area contributed by atoms with Crippen molar-refractivity contribution in [2.45, 2.75) is 64.4 Å². The average molecular weight is 304 g/mol. The fraction of sp³-hybridized carbons (Fsp3) is 0.625. The minimum atomic E-state index is -1.34. The molecule has 0 atom stereocenters. The summed E-state index contributed by atoms with van der Waals surface area (Å²) >= 11 is 0. The molecule has 1 heterocycles. The number of esters is 1. The third-order valence-electron chi connectivity index (χ3n) is 3.53. The first-order valence-electron chi connectivity index (χ1n) is 7.58. The van der Waals surface area contributed by atoms with Gasteiger partial charge in [0.2, 0.25) is 0 Å². The number of aromatic nitrogens is 2. The Morgan fingerprint density at radius 1 is 1.33 bits per heavy atom. The minimum Gasteiger partial charge on any atom is -0.463 e. The van der Waals surface area contributed by atoms with Crippen LogP contribution in [0.15, 0.2) is 12.4 Å². The van der Waals surface area contributed by atoms with Crippen LogP contribution in [0.3, 0.4) is 0 Å². The second kappa shape index (κ2) is 6.48. The Morgan fingerprint density at radius 2 is 2.00 bits per heavy atom. The molecule has 0 spiro atoms. The predicted molar refractivity (Wildman–Crippen MR) is 85.5 cm³/mol. The summed E-state index contributed by atoms with van der Waals surface area (Å²) < 4.78 is 7.30. The van der Waals surface area contributed by atoms with Gasteiger partial charge in [0.15, 0.2) is 0 Å². The minimum absolute atomic E-state index is 0.0838. The topological polar surface area (TPSA) is 44.1 Å². The molecule has 0 radical (unpaired) electrons. The van der Waals surface area contributed by atoms with E-state index < -0.39 is 8.07 Å². The van der Waals surface area contributed by atoms with Gasteiger partial charge in [-0.2, -0.15) is 5.10 Å². The Balaban J connectivity index is 1.94. The molecule has 1 aromatic rings. The Morgan fingerprint density at radius 3 is 2.57 bits per heavy atom. The highest BCUT2D eigenvalue weighted by Crippen LogP contribution is 2.29. The van der Waals surface area contributed by atoms with Gasteiger partial charge in [-0.3, -0.25) is 9.48 Å². The highest BCUT2D eigenvalue weighted by molar-refractivity contribution is 6.83. The Labute approximate surface area is 127 Å². The molecule has 0 aromatic carbocycles. The molecule has 0 aliphatic heterocycles. The van der Waals surface area contributed by atoms with Gasteiger partial charge in [0, 0.05) is 13.1 Å². The van der Waals surface area contributed by atoms with Crippen LogP contribution in [0, 0.1) is 11.5 Å². The molecule has 1 fully saturated rings. The van der Waals surface area contributed by atoms with Crippen molar-refractivity contribution in [3.63, 3.8) is 0 Å². The van der Waals surface area contributed by atoms with Crippen LogP contribution in [0.1, 0.15) is 44.2 Å². The van der Waals surface area contributed by atoms with Crippen molar-refractivity contribution in [1.29, 1.82) is 0 Å². The first kappa shape index (κ1) is 15.8. The molecule has 0 unspecified atom stereocenters. The molecular weight excluding hydrogens is 280 g/mol. The lowest BCUT2D eigenvalue weighted by atomic mass is 9.93. The van der Waals surface area contributed by atoms with E-state index in [0.29, 0.717) is 6.04 Å². The fourth-order valence-electron chi connectivity index (χ4n) is 2.52. The molecule has 114 valence electrons. The summed E-state index contributed by atoms with van der Waals surface area (Å²) in [7, 11) is -1.34. The molecule has 1 aliphatic carbocycles. The van der Waals surface area contributed by atoms with E-state index in [1.165, 1.54) is 6.92 Å². The number of ether oxygens (including phenoxy) is 1. The highest BCUT2D eigenvalue weighted by Gasteiger charge is 2.24. The van der Waals surface area contributed by atoms with Gasteiger partial charge in [0.1, 0.15) is 14.2 Å². The summed E-state index contributed by atoms with van der Waals surface area (Å²) in [6.45, 7) is 8.19. The zero-order valence-corrected chi connectivity index (χ0v) is 14.3. The molecule has 5 heteroatoms. The zero-order chi connectivity index (χ0) is 15.5. The summed E-state index contributed by atoms with van der Waals surface area (Å²) in [5, 5.41) is 4.45. The van der Waals surface area contributed by atoms with Crippen molar-refractivity contribution >= 4 is 14.0 Å². The molecule has 0 bridgehead atoms. The van der Waals surface area contributed by atoms with E-state index in [2.05, 4.69) is 36.2 Å². The third-order valence-corrected chi connectivity index (χ3v) is 4.41. The molecule has 1 aromatic heterocycles. The maximum absolute atomic E-state index is 11.0. The fourth-order valence-corrected chi connectivity index (χ4v) is 3.04. The first-order valence-corrected chi connectivity index (χ1v) is 11.1. The lowest BCUT2D eigenvalue weighted by Crippen LogP contribution is -2.25. The lowest BCUT2D eigenvalue weighted by Gasteiger charge is -2.28. The maximum Gasteiger partial charge on any atom is 0.302 e. The largest absolute Gasteiger partial charge is 0.463 e. The molecule has 0 saturated heterocycles. The van der Waals surface area contributed by atoms with Crippen LogP contribution in [0.25, 0.3) is 0 Å². The quantitative estimate of drug-likeness (QED) is 0.479. The van der Waals surface area contributed by atoms with E-state index in [4.69, 9.17) is 4.74 Å². The molecule has 0 amide bonds. The molecular formula is C16H24N2O2Si. The van der Waals surface area contributed by atoms with Gasteiger partial charge >= 0.3 is 5.97 Å². The highest BCUT2D eigenvalue weighted by atomic mass is 28.3. The van der Waals surface area contributed by atoms with Crippen molar-refractivity contribution < 1.29 is 9.53 Å². The van der Waals surface area contributed by atoms with Crippen molar-refractivity contribution in [3.8, 4) is 11.5 Å². The van der Waals surface area contributed by atoms with E-state index in [1.54, 1.807) is 0 Å². The van der Waals surface area contributed by atoms with Gasteiger partial charge in [0.05, 0.1) is 17.8 Å². The number of hydrogen-bond donors (Lipinski definition) is 0. The summed E-state index contributed by atoms with van der Waals surface area (Å²) in [5.41, 5.74) is 4.36. The van der Waals surface area contributed by atoms with E-state index in [9.17, 15) is 4.79 Å². The smallest absolute Gasteiger partial charge is 0.302 e. The summed E-state index contributed by atoms with van der Waals surface area (Å²) in [6, 6.07) is 0.402. The first-order chi connectivity index (χ1) is 9.83. The average Bonchev–Trinajstić information content (AvgIpc) is 2.84. The van der Waals surface area contributed by atoms with Gasteiger partial charge in [-0.15, -0.1) is 5.54 Å². The zero-order valence-electron chi connectivity index (χ0n) is 13.3. The number of rotatable bonds is 2. The molecule has 1 aliphatic rings. The maximum atomic E-state index is 11.0. The molecule has 2 rings (SSSR count). The van der Waals surface area contributed by atoms with Crippen molar-refractivity contribution in [2.75, 3.05) is 0 Å². The number of hydrogen-bond acceptors (Lipinski definition) is 3. The van der Waals surface area contributed by atoms with Gasteiger partial charge in [-0.25, -0.2) is 0 Å². The SMILES string of the molecule is CC(=O)OC1CCC(n2cc(C#C[Si](C)(C)C)cn2)CC1. The number of carbonyl (C=O) groups excluding carboxylic acids is 1. The van der Waals surface area contributed by atoms with Crippen LogP contribution < -0.4 is 0 Å². The second-order valence-electron chi connectivity index (χ2n) is 6.75. The van der Waals surface area contributed by atoms with Crippen molar-refractivity contribution in [3.05, 3.63) is 18.0 Å². The normalized spacial score (nSPS) is 22.3. The van der Waals surface area contributed by atoms with E-state index in [1.807, 2.05) is 17.1 Å². The second-order valence-corrected chi connectivity index (χ2v) is 11.5. The Hall–Kier alpha value is -1.54. The van der Waals surface area contributed by atoms with Crippen LogP contribution in [0.2, 0.25) is 19.6 Å². The predicted octanol–water partition coefficient (Wildman–Crippen LogP) is 3.16. The van der Waals surface area contributed by atoms with E-state index in [0.717, 1.165) is 31.2 Å². The van der Waals surface area contributed by atoms with E-state index >= 15 is 0 Å². The van der Waals surface area contributed by atoms with Crippen LogP contribution in [0.4, 0.5) is 0 Å². The van der Waals surface area contributed by atoms with Gasteiger partial charge in [-0.05, 0) is 25.7 Å². The molecule has 21 heavy (non-hydrogen) atoms. The van der Waals surface area contributed by atoms with Gasteiger partial charge in [0.25, 0.3) is 0 Å². The van der Waals surface area contributed by atoms with Gasteiger partial charge < -0.3 is 4.74 Å². The standard InChI is InChI=1S/C16H24N2O2Si/c1-13(19)20-16-7-5-15(6-8-16)18-12-14(11-17-18)9-10-21(2,3)4/h11-12,15-16H,5-8H2,1-4H3.